The van der Waals surface area contributed by atoms with Crippen molar-refractivity contribution >= 4 is 17.3 Å². The van der Waals surface area contributed by atoms with Crippen LogP contribution in [0.2, 0.25) is 0 Å². The second kappa shape index (κ2) is 10.4. The van der Waals surface area contributed by atoms with Gasteiger partial charge in [0.1, 0.15) is 6.61 Å². The van der Waals surface area contributed by atoms with Gasteiger partial charge in [0, 0.05) is 11.6 Å². The van der Waals surface area contributed by atoms with Gasteiger partial charge in [-0.15, -0.1) is 0 Å². The number of nitrogens with zero attached hydrogens (tertiary/aromatic N) is 3. The van der Waals surface area contributed by atoms with E-state index < -0.39 is 4.92 Å². The van der Waals surface area contributed by atoms with Gasteiger partial charge >= 0.3 is 5.69 Å². The maximum Gasteiger partial charge on any atom is 0.311 e. The second-order valence-corrected chi connectivity index (χ2v) is 8.86. The Morgan fingerprint density at radius 2 is 1.69 bits per heavy atom. The van der Waals surface area contributed by atoms with Crippen LogP contribution in [0.25, 0.3) is 0 Å². The maximum absolute atomic E-state index is 13.1. The normalized spacial score (nSPS) is 10.8. The highest BCUT2D eigenvalue weighted by molar-refractivity contribution is 6.05. The monoisotopic (exact) mass is 484 g/mol. The van der Waals surface area contributed by atoms with Crippen molar-refractivity contribution in [1.29, 1.82) is 0 Å². The van der Waals surface area contributed by atoms with E-state index in [2.05, 4.69) is 34.7 Å². The molecule has 0 unspecified atom stereocenters. The number of nitro groups is 1. The number of aromatic nitrogens is 2. The van der Waals surface area contributed by atoms with Crippen LogP contribution in [0.5, 0.6) is 5.75 Å². The van der Waals surface area contributed by atoms with Gasteiger partial charge in [0.05, 0.1) is 28.5 Å². The Labute approximate surface area is 209 Å². The molecular formula is C28H28N4O4. The third-order valence-electron chi connectivity index (χ3n) is 5.97. The summed E-state index contributed by atoms with van der Waals surface area (Å²) < 4.78 is 7.59. The standard InChI is InChI=1S/C28H28N4O4/c1-18-8-11-22(12-9-18)16-31-21(4)27(20(3)30-31)29-28(33)24-7-5-6-23(15-24)17-36-26-13-10-19(2)14-25(26)32(34)35/h5-15H,16-17H2,1-4H3,(H,29,33). The molecule has 8 nitrogen and oxygen atoms in total. The number of carbonyl (C=O) groups is 1. The first-order valence-electron chi connectivity index (χ1n) is 11.6. The molecule has 36 heavy (non-hydrogen) atoms. The topological polar surface area (TPSA) is 99.3 Å². The number of hydrogen-bond acceptors (Lipinski definition) is 5. The zero-order chi connectivity index (χ0) is 25.8. The molecule has 0 aliphatic carbocycles. The van der Waals surface area contributed by atoms with Gasteiger partial charge in [-0.05, 0) is 62.6 Å². The summed E-state index contributed by atoms with van der Waals surface area (Å²) in [4.78, 5) is 23.9. The van der Waals surface area contributed by atoms with Gasteiger partial charge in [-0.1, -0.05) is 48.0 Å². The molecule has 1 N–H and O–H groups in total. The SMILES string of the molecule is Cc1ccc(Cn2nc(C)c(NC(=O)c3cccc(COc4ccc(C)cc4[N+](=O)[O-])c3)c2C)cc1. The summed E-state index contributed by atoms with van der Waals surface area (Å²) in [5, 5.41) is 18.9. The Morgan fingerprint density at radius 3 is 2.42 bits per heavy atom. The van der Waals surface area contributed by atoms with E-state index in [0.717, 1.165) is 28.1 Å². The van der Waals surface area contributed by atoms with Crippen LogP contribution >= 0.6 is 0 Å². The van der Waals surface area contributed by atoms with E-state index in [1.807, 2.05) is 31.5 Å². The average Bonchev–Trinajstić information content (AvgIpc) is 3.12. The molecule has 1 amide bonds. The lowest BCUT2D eigenvalue weighted by atomic mass is 10.1. The summed E-state index contributed by atoms with van der Waals surface area (Å²) in [6.45, 7) is 8.34. The molecule has 4 aromatic rings. The van der Waals surface area contributed by atoms with Crippen molar-refractivity contribution in [1.82, 2.24) is 9.78 Å². The molecule has 0 saturated heterocycles. The number of nitrogens with one attached hydrogen (secondary N) is 1. The maximum atomic E-state index is 13.1. The predicted octanol–water partition coefficient (Wildman–Crippen LogP) is 5.90. The lowest BCUT2D eigenvalue weighted by Gasteiger charge is -2.10. The minimum absolute atomic E-state index is 0.0857. The highest BCUT2D eigenvalue weighted by Crippen LogP contribution is 2.28. The Kier molecular flexibility index (Phi) is 7.15. The first-order chi connectivity index (χ1) is 17.2. The van der Waals surface area contributed by atoms with Crippen molar-refractivity contribution in [3.63, 3.8) is 0 Å². The smallest absolute Gasteiger partial charge is 0.311 e. The average molecular weight is 485 g/mol. The van der Waals surface area contributed by atoms with E-state index in [1.165, 1.54) is 11.6 Å². The zero-order valence-corrected chi connectivity index (χ0v) is 20.7. The van der Waals surface area contributed by atoms with Crippen molar-refractivity contribution in [3.8, 4) is 5.75 Å². The Hall–Kier alpha value is -4.46. The number of amides is 1. The molecule has 0 saturated carbocycles. The van der Waals surface area contributed by atoms with Crippen molar-refractivity contribution in [2.45, 2.75) is 40.8 Å². The largest absolute Gasteiger partial charge is 0.482 e. The zero-order valence-electron chi connectivity index (χ0n) is 20.7. The number of benzene rings is 3. The van der Waals surface area contributed by atoms with Crippen molar-refractivity contribution in [2.24, 2.45) is 0 Å². The van der Waals surface area contributed by atoms with Crippen molar-refractivity contribution in [2.75, 3.05) is 5.32 Å². The van der Waals surface area contributed by atoms with E-state index >= 15 is 0 Å². The predicted molar refractivity (Wildman–Crippen MR) is 139 cm³/mol. The molecule has 1 aromatic heterocycles. The first kappa shape index (κ1) is 24.7. The van der Waals surface area contributed by atoms with Gasteiger partial charge in [0.15, 0.2) is 5.75 Å². The van der Waals surface area contributed by atoms with Gasteiger partial charge in [-0.3, -0.25) is 19.6 Å². The number of anilines is 1. The Morgan fingerprint density at radius 1 is 0.972 bits per heavy atom. The summed E-state index contributed by atoms with van der Waals surface area (Å²) >= 11 is 0. The van der Waals surface area contributed by atoms with Crippen LogP contribution < -0.4 is 10.1 Å². The number of nitro benzene ring substituents is 1. The van der Waals surface area contributed by atoms with Crippen LogP contribution in [0.4, 0.5) is 11.4 Å². The van der Waals surface area contributed by atoms with Crippen LogP contribution in [-0.2, 0) is 13.2 Å². The number of aryl methyl sites for hydroxylation is 3. The third-order valence-corrected chi connectivity index (χ3v) is 5.97. The third kappa shape index (κ3) is 5.60. The van der Waals surface area contributed by atoms with Gasteiger partial charge in [-0.25, -0.2) is 0 Å². The molecule has 184 valence electrons. The fourth-order valence-corrected chi connectivity index (χ4v) is 3.94. The highest BCUT2D eigenvalue weighted by atomic mass is 16.6. The molecule has 1 heterocycles. The first-order valence-corrected chi connectivity index (χ1v) is 11.6. The molecule has 3 aromatic carbocycles. The summed E-state index contributed by atoms with van der Waals surface area (Å²) in [6, 6.07) is 20.1. The fraction of sp³-hybridized carbons (Fsp3) is 0.214. The Balaban J connectivity index is 1.46. The number of ether oxygens (including phenoxy) is 1. The highest BCUT2D eigenvalue weighted by Gasteiger charge is 2.17. The summed E-state index contributed by atoms with van der Waals surface area (Å²) in [6.07, 6.45) is 0. The molecule has 8 heteroatoms. The summed E-state index contributed by atoms with van der Waals surface area (Å²) in [5.74, 6) is -0.0769. The molecule has 0 fully saturated rings. The van der Waals surface area contributed by atoms with E-state index in [9.17, 15) is 14.9 Å². The molecule has 0 aliphatic heterocycles. The van der Waals surface area contributed by atoms with Crippen LogP contribution in [0.3, 0.4) is 0 Å². The second-order valence-electron chi connectivity index (χ2n) is 8.86. The van der Waals surface area contributed by atoms with E-state index in [-0.39, 0.29) is 24.0 Å². The van der Waals surface area contributed by atoms with Crippen molar-refractivity contribution in [3.05, 3.63) is 116 Å². The van der Waals surface area contributed by atoms with E-state index in [0.29, 0.717) is 17.8 Å². The molecule has 0 radical (unpaired) electrons. The van der Waals surface area contributed by atoms with Gasteiger partial charge in [-0.2, -0.15) is 5.10 Å². The fourth-order valence-electron chi connectivity index (χ4n) is 3.94. The Bertz CT molecular complexity index is 1420. The number of carbonyl (C=O) groups excluding carboxylic acids is 1. The van der Waals surface area contributed by atoms with Crippen LogP contribution in [0.15, 0.2) is 66.7 Å². The molecule has 0 aliphatic rings. The quantitative estimate of drug-likeness (QED) is 0.248. The van der Waals surface area contributed by atoms with Crippen LogP contribution in [-0.4, -0.2) is 20.6 Å². The minimum Gasteiger partial charge on any atom is -0.482 e. The van der Waals surface area contributed by atoms with Crippen molar-refractivity contribution < 1.29 is 14.5 Å². The summed E-state index contributed by atoms with van der Waals surface area (Å²) in [5.41, 5.74) is 6.49. The molecular weight excluding hydrogens is 456 g/mol. The lowest BCUT2D eigenvalue weighted by Crippen LogP contribution is -2.14. The van der Waals surface area contributed by atoms with Gasteiger partial charge < -0.3 is 10.1 Å². The summed E-state index contributed by atoms with van der Waals surface area (Å²) in [7, 11) is 0. The van der Waals surface area contributed by atoms with E-state index in [4.69, 9.17) is 4.74 Å². The minimum atomic E-state index is -0.462. The lowest BCUT2D eigenvalue weighted by molar-refractivity contribution is -0.386. The molecule has 4 rings (SSSR count). The van der Waals surface area contributed by atoms with Gasteiger partial charge in [0.2, 0.25) is 0 Å². The molecule has 0 spiro atoms. The number of hydrogen-bond donors (Lipinski definition) is 1. The van der Waals surface area contributed by atoms with E-state index in [1.54, 1.807) is 37.3 Å². The van der Waals surface area contributed by atoms with Crippen LogP contribution in [0.1, 0.15) is 44.0 Å². The van der Waals surface area contributed by atoms with Gasteiger partial charge in [0.25, 0.3) is 5.91 Å². The van der Waals surface area contributed by atoms with Crippen LogP contribution in [0, 0.1) is 37.8 Å². The number of rotatable bonds is 8. The molecule has 0 atom stereocenters. The molecule has 0 bridgehead atoms.